The molecule has 4 aromatic carbocycles. The van der Waals surface area contributed by atoms with Gasteiger partial charge in [0.1, 0.15) is 0 Å². The Bertz CT molecular complexity index is 665. The van der Waals surface area contributed by atoms with E-state index in [1.165, 1.54) is 21.5 Å². The zero-order valence-electron chi connectivity index (χ0n) is 10.6. The molecule has 0 saturated heterocycles. The van der Waals surface area contributed by atoms with Gasteiger partial charge in [-0.15, -0.1) is 39.7 Å². The summed E-state index contributed by atoms with van der Waals surface area (Å²) in [6, 6.07) is 29.3. The van der Waals surface area contributed by atoms with Crippen molar-refractivity contribution < 1.29 is 26.2 Å². The molecule has 1 heteroatoms. The molecule has 4 rings (SSSR count). The summed E-state index contributed by atoms with van der Waals surface area (Å²) in [5.74, 6) is 0. The van der Waals surface area contributed by atoms with Crippen LogP contribution in [0, 0.1) is 0 Å². The molecule has 0 heterocycles. The Morgan fingerprint density at radius 1 is 0.579 bits per heavy atom. The van der Waals surface area contributed by atoms with Crippen molar-refractivity contribution in [2.24, 2.45) is 0 Å². The predicted octanol–water partition coefficient (Wildman–Crippen LogP) is 5.11. The molecular weight excluding hydrogens is 307 g/mol. The second-order valence-corrected chi connectivity index (χ2v) is 4.28. The Kier molecular flexibility index (Phi) is 4.88. The van der Waals surface area contributed by atoms with Gasteiger partial charge in [0.15, 0.2) is 0 Å². The van der Waals surface area contributed by atoms with Gasteiger partial charge in [-0.1, -0.05) is 36.4 Å². The summed E-state index contributed by atoms with van der Waals surface area (Å²) < 4.78 is 0. The molecule has 4 aromatic rings. The van der Waals surface area contributed by atoms with Crippen molar-refractivity contribution in [2.45, 2.75) is 0 Å². The second-order valence-electron chi connectivity index (χ2n) is 4.28. The summed E-state index contributed by atoms with van der Waals surface area (Å²) in [4.78, 5) is 0. The fourth-order valence-electron chi connectivity index (χ4n) is 2.22. The van der Waals surface area contributed by atoms with E-state index in [0.29, 0.717) is 0 Å². The van der Waals surface area contributed by atoms with Crippen molar-refractivity contribution in [3.8, 4) is 0 Å². The van der Waals surface area contributed by atoms with Crippen LogP contribution in [-0.4, -0.2) is 0 Å². The third-order valence-corrected chi connectivity index (χ3v) is 3.08. The summed E-state index contributed by atoms with van der Waals surface area (Å²) in [6.07, 6.45) is 0. The Morgan fingerprint density at radius 3 is 1.47 bits per heavy atom. The second kappa shape index (κ2) is 6.63. The Morgan fingerprint density at radius 2 is 1.05 bits per heavy atom. The smallest absolute Gasteiger partial charge is 0.214 e. The number of rotatable bonds is 0. The fourth-order valence-corrected chi connectivity index (χ4v) is 2.22. The first kappa shape index (κ1) is 14.0. The third-order valence-electron chi connectivity index (χ3n) is 3.08. The van der Waals surface area contributed by atoms with Gasteiger partial charge in [-0.2, -0.15) is 18.2 Å². The molecule has 0 nitrogen and oxygen atoms in total. The maximum Gasteiger partial charge on any atom is 2.00 e. The summed E-state index contributed by atoms with van der Waals surface area (Å²) in [6.45, 7) is 0. The molecule has 0 unspecified atom stereocenters. The van der Waals surface area contributed by atoms with Crippen molar-refractivity contribution in [1.82, 2.24) is 0 Å². The zero-order chi connectivity index (χ0) is 12.2. The maximum absolute atomic E-state index is 2.24. The van der Waals surface area contributed by atoms with E-state index in [2.05, 4.69) is 54.6 Å². The van der Waals surface area contributed by atoms with Crippen LogP contribution in [0.4, 0.5) is 0 Å². The molecule has 0 aliphatic rings. The van der Waals surface area contributed by atoms with E-state index in [0.717, 1.165) is 0 Å². The van der Waals surface area contributed by atoms with Crippen molar-refractivity contribution >= 4 is 21.5 Å². The molecular formula is C18H14Zr. The minimum absolute atomic E-state index is 0. The summed E-state index contributed by atoms with van der Waals surface area (Å²) in [7, 11) is 0. The summed E-state index contributed by atoms with van der Waals surface area (Å²) >= 11 is 0. The van der Waals surface area contributed by atoms with Gasteiger partial charge in [-0.05, 0) is 0 Å². The molecule has 0 radical (unpaired) electrons. The van der Waals surface area contributed by atoms with Crippen LogP contribution in [0.5, 0.6) is 0 Å². The van der Waals surface area contributed by atoms with Gasteiger partial charge >= 0.3 is 26.2 Å². The Labute approximate surface area is 132 Å². The van der Waals surface area contributed by atoms with Gasteiger partial charge in [0.2, 0.25) is 0 Å². The van der Waals surface area contributed by atoms with E-state index in [-0.39, 0.29) is 26.2 Å². The molecule has 0 bridgehead atoms. The van der Waals surface area contributed by atoms with Crippen LogP contribution in [0.25, 0.3) is 21.5 Å². The van der Waals surface area contributed by atoms with Crippen LogP contribution in [0.2, 0.25) is 0 Å². The van der Waals surface area contributed by atoms with E-state index in [1.54, 1.807) is 0 Å². The minimum Gasteiger partial charge on any atom is -0.214 e. The molecule has 0 aromatic heterocycles. The molecule has 0 N–H and O–H groups in total. The SMILES string of the molecule is [Zr+2].c1cc[cH-]c1.c1ccc2c(c1)[cH-]c1ccccc12. The maximum atomic E-state index is 2.24. The van der Waals surface area contributed by atoms with Gasteiger partial charge in [0.25, 0.3) is 0 Å². The average Bonchev–Trinajstić information content (AvgIpc) is 3.10. The van der Waals surface area contributed by atoms with Gasteiger partial charge in [-0.3, -0.25) is 0 Å². The topological polar surface area (TPSA) is 0 Å². The molecule has 90 valence electrons. The quantitative estimate of drug-likeness (QED) is 0.395. The van der Waals surface area contributed by atoms with Crippen molar-refractivity contribution in [1.29, 1.82) is 0 Å². The first-order valence-corrected chi connectivity index (χ1v) is 6.15. The number of fused-ring (bicyclic) bond motifs is 3. The zero-order valence-corrected chi connectivity index (χ0v) is 13.0. The van der Waals surface area contributed by atoms with Gasteiger partial charge < -0.3 is 0 Å². The van der Waals surface area contributed by atoms with E-state index in [1.807, 2.05) is 30.3 Å². The predicted molar refractivity (Wildman–Crippen MR) is 79.1 cm³/mol. The monoisotopic (exact) mass is 320 g/mol. The first-order valence-electron chi connectivity index (χ1n) is 6.15. The van der Waals surface area contributed by atoms with E-state index in [9.17, 15) is 0 Å². The van der Waals surface area contributed by atoms with Crippen molar-refractivity contribution in [2.75, 3.05) is 0 Å². The van der Waals surface area contributed by atoms with Crippen LogP contribution in [0.3, 0.4) is 0 Å². The van der Waals surface area contributed by atoms with Gasteiger partial charge in [0.05, 0.1) is 0 Å². The summed E-state index contributed by atoms with van der Waals surface area (Å²) in [5, 5.41) is 5.39. The Balaban J connectivity index is 0.000000190. The first-order chi connectivity index (χ1) is 8.95. The van der Waals surface area contributed by atoms with E-state index >= 15 is 0 Å². The van der Waals surface area contributed by atoms with Crippen LogP contribution in [0.15, 0.2) is 84.9 Å². The van der Waals surface area contributed by atoms with Crippen molar-refractivity contribution in [3.63, 3.8) is 0 Å². The number of benzene rings is 2. The molecule has 0 aliphatic carbocycles. The molecule has 0 atom stereocenters. The largest absolute Gasteiger partial charge is 2.00 e. The standard InChI is InChI=1S/C13H9.C5H5.Zr/c1-3-7-12-10(5-1)9-11-6-2-4-8-13(11)12;1-2-4-5-3-1;/h1-9H;1-5H;/q2*-1;+2. The number of hydrogen-bond acceptors (Lipinski definition) is 0. The number of hydrogen-bond donors (Lipinski definition) is 0. The fraction of sp³-hybridized carbons (Fsp3) is 0. The molecule has 19 heavy (non-hydrogen) atoms. The van der Waals surface area contributed by atoms with Crippen LogP contribution in [-0.2, 0) is 26.2 Å². The van der Waals surface area contributed by atoms with Gasteiger partial charge in [-0.25, -0.2) is 12.1 Å². The molecule has 0 amide bonds. The van der Waals surface area contributed by atoms with Crippen LogP contribution in [0.1, 0.15) is 0 Å². The Hall–Kier alpha value is -1.46. The normalized spacial score (nSPS) is 9.68. The van der Waals surface area contributed by atoms with E-state index in [4.69, 9.17) is 0 Å². The molecule has 0 spiro atoms. The average molecular weight is 322 g/mol. The third kappa shape index (κ3) is 3.11. The minimum atomic E-state index is 0. The molecule has 0 aliphatic heterocycles. The molecule has 0 saturated carbocycles. The summed E-state index contributed by atoms with van der Waals surface area (Å²) in [5.41, 5.74) is 0. The van der Waals surface area contributed by atoms with E-state index < -0.39 is 0 Å². The van der Waals surface area contributed by atoms with Crippen molar-refractivity contribution in [3.05, 3.63) is 84.9 Å². The molecule has 0 fully saturated rings. The van der Waals surface area contributed by atoms with Crippen LogP contribution >= 0.6 is 0 Å². The van der Waals surface area contributed by atoms with Gasteiger partial charge in [0, 0.05) is 0 Å². The van der Waals surface area contributed by atoms with Crippen LogP contribution < -0.4 is 0 Å².